The summed E-state index contributed by atoms with van der Waals surface area (Å²) in [6, 6.07) is 10.6. The molecule has 2 atom stereocenters. The minimum atomic E-state index is 0.162. The Balaban J connectivity index is 1.26. The molecule has 3 aliphatic rings. The van der Waals surface area contributed by atoms with Crippen molar-refractivity contribution in [2.24, 2.45) is 0 Å². The Morgan fingerprint density at radius 1 is 0.933 bits per heavy atom. The summed E-state index contributed by atoms with van der Waals surface area (Å²) in [7, 11) is 0. The molecule has 1 aromatic rings. The van der Waals surface area contributed by atoms with Gasteiger partial charge in [0, 0.05) is 57.4 Å². The molecular formula is C25H40N4O. The van der Waals surface area contributed by atoms with Crippen molar-refractivity contribution < 1.29 is 4.79 Å². The van der Waals surface area contributed by atoms with Crippen LogP contribution in [0.15, 0.2) is 24.3 Å². The maximum atomic E-state index is 13.0. The number of likely N-dealkylation sites (tertiary alicyclic amines) is 1. The van der Waals surface area contributed by atoms with Crippen LogP contribution in [0.5, 0.6) is 0 Å². The minimum absolute atomic E-state index is 0.162. The zero-order valence-electron chi connectivity index (χ0n) is 19.1. The average molecular weight is 413 g/mol. The summed E-state index contributed by atoms with van der Waals surface area (Å²) in [6.45, 7) is 13.0. The molecule has 1 unspecified atom stereocenters. The molecule has 0 spiro atoms. The highest BCUT2D eigenvalue weighted by molar-refractivity contribution is 5.74. The topological polar surface area (TPSA) is 38.8 Å². The number of hydrogen-bond donors (Lipinski definition) is 1. The van der Waals surface area contributed by atoms with E-state index in [0.717, 1.165) is 58.5 Å². The largest absolute Gasteiger partial charge is 0.334 e. The Morgan fingerprint density at radius 3 is 2.23 bits per heavy atom. The quantitative estimate of drug-likeness (QED) is 0.817. The summed E-state index contributed by atoms with van der Waals surface area (Å²) < 4.78 is 0. The van der Waals surface area contributed by atoms with Crippen LogP contribution in [-0.4, -0.2) is 78.1 Å². The lowest BCUT2D eigenvalue weighted by atomic mass is 9.89. The maximum absolute atomic E-state index is 13.0. The third-order valence-electron chi connectivity index (χ3n) is 7.67. The second kappa shape index (κ2) is 9.69. The van der Waals surface area contributed by atoms with Gasteiger partial charge in [0.1, 0.15) is 0 Å². The Labute approximate surface area is 182 Å². The fourth-order valence-electron chi connectivity index (χ4n) is 5.64. The van der Waals surface area contributed by atoms with Crippen LogP contribution in [0.2, 0.25) is 0 Å². The van der Waals surface area contributed by atoms with Crippen LogP contribution in [0.4, 0.5) is 4.79 Å². The van der Waals surface area contributed by atoms with Crippen LogP contribution in [-0.2, 0) is 0 Å². The molecule has 0 aromatic heterocycles. The fourth-order valence-corrected chi connectivity index (χ4v) is 5.64. The van der Waals surface area contributed by atoms with Gasteiger partial charge in [-0.1, -0.05) is 29.8 Å². The lowest BCUT2D eigenvalue weighted by Gasteiger charge is -2.42. The molecular weight excluding hydrogens is 372 g/mol. The van der Waals surface area contributed by atoms with Crippen molar-refractivity contribution in [2.45, 2.75) is 76.9 Å². The average Bonchev–Trinajstić information content (AvgIpc) is 3.22. The zero-order valence-corrected chi connectivity index (χ0v) is 19.1. The monoisotopic (exact) mass is 412 g/mol. The van der Waals surface area contributed by atoms with E-state index in [-0.39, 0.29) is 6.03 Å². The first kappa shape index (κ1) is 21.6. The summed E-state index contributed by atoms with van der Waals surface area (Å²) in [5, 5.41) is 3.42. The normalized spacial score (nSPS) is 27.0. The van der Waals surface area contributed by atoms with E-state index in [0.29, 0.717) is 24.0 Å². The number of urea groups is 1. The van der Waals surface area contributed by atoms with Crippen molar-refractivity contribution in [1.82, 2.24) is 20.0 Å². The van der Waals surface area contributed by atoms with Gasteiger partial charge in [0.25, 0.3) is 0 Å². The van der Waals surface area contributed by atoms with E-state index in [1.807, 2.05) is 0 Å². The van der Waals surface area contributed by atoms with E-state index in [4.69, 9.17) is 0 Å². The number of piperazine rings is 1. The number of hydrogen-bond acceptors (Lipinski definition) is 3. The lowest BCUT2D eigenvalue weighted by molar-refractivity contribution is 0.0705. The molecule has 1 aromatic carbocycles. The lowest BCUT2D eigenvalue weighted by Crippen LogP contribution is -2.57. The number of nitrogens with one attached hydrogen (secondary N) is 1. The number of carbonyl (C=O) groups is 1. The van der Waals surface area contributed by atoms with E-state index >= 15 is 0 Å². The number of rotatable bonds is 4. The van der Waals surface area contributed by atoms with Gasteiger partial charge in [-0.25, -0.2) is 4.79 Å². The summed E-state index contributed by atoms with van der Waals surface area (Å²) in [6.07, 6.45) is 5.72. The van der Waals surface area contributed by atoms with Gasteiger partial charge in [0.15, 0.2) is 0 Å². The van der Waals surface area contributed by atoms with Crippen molar-refractivity contribution in [3.05, 3.63) is 35.4 Å². The van der Waals surface area contributed by atoms with Crippen LogP contribution in [0.25, 0.3) is 0 Å². The molecule has 2 heterocycles. The van der Waals surface area contributed by atoms with Gasteiger partial charge < -0.3 is 10.2 Å². The third kappa shape index (κ3) is 5.00. The van der Waals surface area contributed by atoms with Crippen molar-refractivity contribution in [3.63, 3.8) is 0 Å². The maximum Gasteiger partial charge on any atom is 0.317 e. The second-order valence-corrected chi connectivity index (χ2v) is 9.89. The third-order valence-corrected chi connectivity index (χ3v) is 7.67. The summed E-state index contributed by atoms with van der Waals surface area (Å²) >= 11 is 0. The summed E-state index contributed by atoms with van der Waals surface area (Å²) in [4.78, 5) is 20.3. The van der Waals surface area contributed by atoms with Gasteiger partial charge in [0.2, 0.25) is 0 Å². The van der Waals surface area contributed by atoms with Crippen LogP contribution in [0.3, 0.4) is 0 Å². The van der Waals surface area contributed by atoms with E-state index in [9.17, 15) is 4.79 Å². The van der Waals surface area contributed by atoms with Crippen molar-refractivity contribution in [2.75, 3.05) is 39.3 Å². The summed E-state index contributed by atoms with van der Waals surface area (Å²) in [5.74, 6) is 0.589. The SMILES string of the molecule is Cc1ccc(C2CCN(C(=O)NC3CCC[C@@H]3N3CCN(C(C)C)CC3)CC2)cc1. The molecule has 5 nitrogen and oxygen atoms in total. The molecule has 2 aliphatic heterocycles. The predicted molar refractivity (Wildman–Crippen MR) is 123 cm³/mol. The minimum Gasteiger partial charge on any atom is -0.334 e. The smallest absolute Gasteiger partial charge is 0.317 e. The van der Waals surface area contributed by atoms with Gasteiger partial charge >= 0.3 is 6.03 Å². The predicted octanol–water partition coefficient (Wildman–Crippen LogP) is 3.83. The van der Waals surface area contributed by atoms with Crippen LogP contribution >= 0.6 is 0 Å². The van der Waals surface area contributed by atoms with Gasteiger partial charge in [-0.3, -0.25) is 9.80 Å². The molecule has 2 amide bonds. The first-order chi connectivity index (χ1) is 14.5. The molecule has 1 aliphatic carbocycles. The standard InChI is InChI=1S/C25H40N4O/c1-19(2)27-15-17-28(18-16-27)24-6-4-5-23(24)26-25(30)29-13-11-22(12-14-29)21-9-7-20(3)8-10-21/h7-10,19,22-24H,4-6,11-18H2,1-3H3,(H,26,30)/t23?,24-/m0/s1. The Hall–Kier alpha value is -1.59. The highest BCUT2D eigenvalue weighted by atomic mass is 16.2. The van der Waals surface area contributed by atoms with Crippen molar-refractivity contribution >= 4 is 6.03 Å². The van der Waals surface area contributed by atoms with E-state index in [1.165, 1.54) is 24.0 Å². The molecule has 3 fully saturated rings. The van der Waals surface area contributed by atoms with Crippen LogP contribution in [0, 0.1) is 6.92 Å². The fraction of sp³-hybridized carbons (Fsp3) is 0.720. The van der Waals surface area contributed by atoms with Crippen LogP contribution in [0.1, 0.15) is 63.0 Å². The van der Waals surface area contributed by atoms with Gasteiger partial charge in [-0.05, 0) is 64.4 Å². The van der Waals surface area contributed by atoms with E-state index in [1.54, 1.807) is 0 Å². The number of nitrogens with zero attached hydrogens (tertiary/aromatic N) is 3. The molecule has 5 heteroatoms. The van der Waals surface area contributed by atoms with Crippen LogP contribution < -0.4 is 5.32 Å². The number of benzene rings is 1. The molecule has 30 heavy (non-hydrogen) atoms. The molecule has 2 saturated heterocycles. The van der Waals surface area contributed by atoms with Gasteiger partial charge in [-0.2, -0.15) is 0 Å². The molecule has 0 bridgehead atoms. The molecule has 4 rings (SSSR count). The van der Waals surface area contributed by atoms with Gasteiger partial charge in [-0.15, -0.1) is 0 Å². The number of piperidine rings is 1. The number of amides is 2. The molecule has 0 radical (unpaired) electrons. The number of aryl methyl sites for hydroxylation is 1. The zero-order chi connectivity index (χ0) is 21.1. The number of carbonyl (C=O) groups excluding carboxylic acids is 1. The van der Waals surface area contributed by atoms with E-state index in [2.05, 4.69) is 65.1 Å². The molecule has 166 valence electrons. The first-order valence-electron chi connectivity index (χ1n) is 12.1. The summed E-state index contributed by atoms with van der Waals surface area (Å²) in [5.41, 5.74) is 2.74. The molecule has 1 N–H and O–H groups in total. The van der Waals surface area contributed by atoms with Crippen molar-refractivity contribution in [3.8, 4) is 0 Å². The molecule has 1 saturated carbocycles. The van der Waals surface area contributed by atoms with Crippen molar-refractivity contribution in [1.29, 1.82) is 0 Å². The Bertz CT molecular complexity index is 688. The Morgan fingerprint density at radius 2 is 1.60 bits per heavy atom. The second-order valence-electron chi connectivity index (χ2n) is 9.89. The highest BCUT2D eigenvalue weighted by Crippen LogP contribution is 2.29. The highest BCUT2D eigenvalue weighted by Gasteiger charge is 2.36. The van der Waals surface area contributed by atoms with Gasteiger partial charge in [0.05, 0.1) is 0 Å². The first-order valence-corrected chi connectivity index (χ1v) is 12.1. The Kier molecular flexibility index (Phi) is 6.99. The van der Waals surface area contributed by atoms with E-state index < -0.39 is 0 Å².